The third-order valence-electron chi connectivity index (χ3n) is 3.80. The van der Waals surface area contributed by atoms with Gasteiger partial charge in [-0.1, -0.05) is 6.92 Å². The van der Waals surface area contributed by atoms with Gasteiger partial charge in [0, 0.05) is 19.3 Å². The number of anilines is 1. The van der Waals surface area contributed by atoms with Crippen LogP contribution >= 0.6 is 0 Å². The summed E-state index contributed by atoms with van der Waals surface area (Å²) in [4.78, 5) is 6.84. The van der Waals surface area contributed by atoms with Crippen LogP contribution in [0.3, 0.4) is 0 Å². The summed E-state index contributed by atoms with van der Waals surface area (Å²) in [6.07, 6.45) is 3.79. The minimum atomic E-state index is -3.41. The van der Waals surface area contributed by atoms with Gasteiger partial charge in [0.1, 0.15) is 10.7 Å². The van der Waals surface area contributed by atoms with Crippen LogP contribution in [0.2, 0.25) is 0 Å². The molecule has 1 aromatic heterocycles. The number of rotatable bonds is 7. The molecule has 0 aromatic carbocycles. The lowest BCUT2D eigenvalue weighted by Gasteiger charge is -2.15. The number of pyridine rings is 1. The van der Waals surface area contributed by atoms with Gasteiger partial charge in [0.25, 0.3) is 0 Å². The lowest BCUT2D eigenvalue weighted by molar-refractivity contribution is 0.327. The van der Waals surface area contributed by atoms with Gasteiger partial charge in [0.05, 0.1) is 0 Å². The van der Waals surface area contributed by atoms with E-state index in [9.17, 15) is 8.42 Å². The van der Waals surface area contributed by atoms with Crippen molar-refractivity contribution in [3.05, 3.63) is 18.3 Å². The largest absolute Gasteiger partial charge is 0.370 e. The van der Waals surface area contributed by atoms with Crippen LogP contribution in [0.4, 0.5) is 5.82 Å². The molecule has 1 aliphatic rings. The van der Waals surface area contributed by atoms with E-state index >= 15 is 0 Å². The number of nitrogens with zero attached hydrogens (tertiary/aromatic N) is 2. The number of sulfonamides is 1. The van der Waals surface area contributed by atoms with E-state index in [4.69, 9.17) is 0 Å². The molecule has 6 nitrogen and oxygen atoms in total. The summed E-state index contributed by atoms with van der Waals surface area (Å²) in [5, 5.41) is 3.29. The Balaban J connectivity index is 1.85. The highest BCUT2D eigenvalue weighted by Gasteiger charge is 2.21. The highest BCUT2D eigenvalue weighted by molar-refractivity contribution is 7.89. The van der Waals surface area contributed by atoms with Crippen molar-refractivity contribution in [2.75, 3.05) is 38.5 Å². The second-order valence-corrected chi connectivity index (χ2v) is 7.31. The molecule has 2 rings (SSSR count). The Morgan fingerprint density at radius 1 is 1.43 bits per heavy atom. The minimum Gasteiger partial charge on any atom is -0.370 e. The van der Waals surface area contributed by atoms with E-state index in [2.05, 4.69) is 26.8 Å². The van der Waals surface area contributed by atoms with E-state index in [0.29, 0.717) is 5.92 Å². The van der Waals surface area contributed by atoms with Gasteiger partial charge < -0.3 is 10.2 Å². The molecule has 1 aromatic rings. The third kappa shape index (κ3) is 4.39. The molecule has 2 heterocycles. The predicted molar refractivity (Wildman–Crippen MR) is 83.8 cm³/mol. The zero-order chi connectivity index (χ0) is 15.3. The molecule has 1 unspecified atom stereocenters. The average Bonchev–Trinajstić information content (AvgIpc) is 2.94. The summed E-state index contributed by atoms with van der Waals surface area (Å²) in [7, 11) is -2.01. The van der Waals surface area contributed by atoms with Gasteiger partial charge in [-0.05, 0) is 51.0 Å². The smallest absolute Gasteiger partial charge is 0.241 e. The van der Waals surface area contributed by atoms with Crippen LogP contribution in [0, 0.1) is 5.92 Å². The summed E-state index contributed by atoms with van der Waals surface area (Å²) in [6, 6.07) is 3.28. The van der Waals surface area contributed by atoms with Crippen LogP contribution in [0.25, 0.3) is 0 Å². The van der Waals surface area contributed by atoms with Gasteiger partial charge in [0.15, 0.2) is 0 Å². The fourth-order valence-corrected chi connectivity index (χ4v) is 3.28. The molecule has 0 amide bonds. The molecule has 0 radical (unpaired) electrons. The molecule has 1 saturated heterocycles. The molecule has 0 bridgehead atoms. The highest BCUT2D eigenvalue weighted by Crippen LogP contribution is 2.17. The lowest BCUT2D eigenvalue weighted by Crippen LogP contribution is -2.23. The Morgan fingerprint density at radius 2 is 2.24 bits per heavy atom. The molecule has 1 aliphatic heterocycles. The van der Waals surface area contributed by atoms with Crippen LogP contribution in [0.1, 0.15) is 19.8 Å². The fraction of sp³-hybridized carbons (Fsp3) is 0.643. The zero-order valence-corrected chi connectivity index (χ0v) is 13.5. The Morgan fingerprint density at radius 3 is 2.86 bits per heavy atom. The van der Waals surface area contributed by atoms with Crippen molar-refractivity contribution in [3.63, 3.8) is 0 Å². The number of likely N-dealkylation sites (tertiary alicyclic amines) is 1. The standard InChI is InChI=1S/C14H24N4O2S/c1-3-7-18-8-6-12(11-18)9-16-14-5-4-13(10-17-14)21(19,20)15-2/h4-5,10,12,15H,3,6-9,11H2,1-2H3,(H,16,17). The predicted octanol–water partition coefficient (Wildman–Crippen LogP) is 1.13. The zero-order valence-electron chi connectivity index (χ0n) is 12.7. The van der Waals surface area contributed by atoms with Crippen LogP contribution in [-0.4, -0.2) is 51.5 Å². The lowest BCUT2D eigenvalue weighted by atomic mass is 10.1. The second kappa shape index (κ2) is 7.20. The SMILES string of the molecule is CCCN1CCC(CNc2ccc(S(=O)(=O)NC)cn2)C1. The summed E-state index contributed by atoms with van der Waals surface area (Å²) in [6.45, 7) is 6.56. The average molecular weight is 312 g/mol. The summed E-state index contributed by atoms with van der Waals surface area (Å²) < 4.78 is 25.5. The first-order valence-electron chi connectivity index (χ1n) is 7.41. The number of hydrogen-bond acceptors (Lipinski definition) is 5. The van der Waals surface area contributed by atoms with E-state index < -0.39 is 10.0 Å². The Kier molecular flexibility index (Phi) is 5.55. The normalized spacial score (nSPS) is 19.8. The molecule has 2 N–H and O–H groups in total. The van der Waals surface area contributed by atoms with Crippen molar-refractivity contribution >= 4 is 15.8 Å². The van der Waals surface area contributed by atoms with Gasteiger partial charge in [-0.2, -0.15) is 0 Å². The van der Waals surface area contributed by atoms with Crippen molar-refractivity contribution in [2.45, 2.75) is 24.7 Å². The van der Waals surface area contributed by atoms with Crippen molar-refractivity contribution in [2.24, 2.45) is 5.92 Å². The van der Waals surface area contributed by atoms with Crippen molar-refractivity contribution in [1.82, 2.24) is 14.6 Å². The summed E-state index contributed by atoms with van der Waals surface area (Å²) in [5.41, 5.74) is 0. The molecule has 1 fully saturated rings. The Labute approximate surface area is 127 Å². The van der Waals surface area contributed by atoms with Crippen LogP contribution in [0.5, 0.6) is 0 Å². The molecule has 118 valence electrons. The van der Waals surface area contributed by atoms with Crippen molar-refractivity contribution in [1.29, 1.82) is 0 Å². The van der Waals surface area contributed by atoms with Crippen LogP contribution < -0.4 is 10.0 Å². The quantitative estimate of drug-likeness (QED) is 0.789. The monoisotopic (exact) mass is 312 g/mol. The number of nitrogens with one attached hydrogen (secondary N) is 2. The maximum Gasteiger partial charge on any atom is 0.241 e. The van der Waals surface area contributed by atoms with E-state index in [-0.39, 0.29) is 4.90 Å². The Hall–Kier alpha value is -1.18. The van der Waals surface area contributed by atoms with E-state index in [1.54, 1.807) is 12.1 Å². The van der Waals surface area contributed by atoms with Crippen LogP contribution in [0.15, 0.2) is 23.2 Å². The maximum atomic E-state index is 11.6. The second-order valence-electron chi connectivity index (χ2n) is 5.42. The van der Waals surface area contributed by atoms with Gasteiger partial charge in [-0.25, -0.2) is 18.1 Å². The van der Waals surface area contributed by atoms with E-state index in [0.717, 1.165) is 18.9 Å². The van der Waals surface area contributed by atoms with Gasteiger partial charge >= 0.3 is 0 Å². The Bertz CT molecular complexity index is 545. The van der Waals surface area contributed by atoms with Crippen molar-refractivity contribution < 1.29 is 8.42 Å². The maximum absolute atomic E-state index is 11.6. The van der Waals surface area contributed by atoms with Gasteiger partial charge in [0.2, 0.25) is 10.0 Å². The molecule has 0 aliphatic carbocycles. The number of hydrogen-bond donors (Lipinski definition) is 2. The highest BCUT2D eigenvalue weighted by atomic mass is 32.2. The van der Waals surface area contributed by atoms with Crippen molar-refractivity contribution in [3.8, 4) is 0 Å². The summed E-state index contributed by atoms with van der Waals surface area (Å²) in [5.74, 6) is 1.36. The van der Waals surface area contributed by atoms with Gasteiger partial charge in [-0.3, -0.25) is 0 Å². The molecule has 0 saturated carbocycles. The first kappa shape index (κ1) is 16.2. The fourth-order valence-electron chi connectivity index (χ4n) is 2.61. The molecule has 0 spiro atoms. The topological polar surface area (TPSA) is 74.3 Å². The number of aromatic nitrogens is 1. The van der Waals surface area contributed by atoms with E-state index in [1.807, 2.05) is 0 Å². The third-order valence-corrected chi connectivity index (χ3v) is 5.20. The summed E-state index contributed by atoms with van der Waals surface area (Å²) >= 11 is 0. The van der Waals surface area contributed by atoms with Crippen LogP contribution in [-0.2, 0) is 10.0 Å². The molecular formula is C14H24N4O2S. The minimum absolute atomic E-state index is 0.186. The first-order chi connectivity index (χ1) is 10.0. The molecular weight excluding hydrogens is 288 g/mol. The van der Waals surface area contributed by atoms with Gasteiger partial charge in [-0.15, -0.1) is 0 Å². The molecule has 21 heavy (non-hydrogen) atoms. The first-order valence-corrected chi connectivity index (χ1v) is 8.89. The van der Waals surface area contributed by atoms with E-state index in [1.165, 1.54) is 39.2 Å². The molecule has 1 atom stereocenters. The molecule has 7 heteroatoms.